The van der Waals surface area contributed by atoms with Crippen LogP contribution >= 0.6 is 0 Å². The number of pyridine rings is 1. The first kappa shape index (κ1) is 16.6. The monoisotopic (exact) mass is 335 g/mol. The molecule has 1 saturated heterocycles. The van der Waals surface area contributed by atoms with Gasteiger partial charge in [-0.2, -0.15) is 0 Å². The van der Waals surface area contributed by atoms with Crippen molar-refractivity contribution in [3.63, 3.8) is 0 Å². The molecule has 2 fully saturated rings. The van der Waals surface area contributed by atoms with E-state index in [1.54, 1.807) is 5.56 Å². The zero-order valence-electron chi connectivity index (χ0n) is 15.0. The molecule has 0 amide bonds. The van der Waals surface area contributed by atoms with Gasteiger partial charge in [-0.05, 0) is 49.3 Å². The van der Waals surface area contributed by atoms with E-state index in [1.165, 1.54) is 51.6 Å². The van der Waals surface area contributed by atoms with E-state index >= 15 is 0 Å². The second kappa shape index (κ2) is 8.01. The van der Waals surface area contributed by atoms with E-state index in [0.717, 1.165) is 17.6 Å². The number of likely N-dealkylation sites (tertiary alicyclic amines) is 1. The van der Waals surface area contributed by atoms with Gasteiger partial charge in [0.2, 0.25) is 0 Å². The highest BCUT2D eigenvalue weighted by Gasteiger charge is 2.33. The van der Waals surface area contributed by atoms with Crippen LogP contribution in [0.5, 0.6) is 0 Å². The first-order chi connectivity index (χ1) is 12.4. The van der Waals surface area contributed by atoms with Crippen LogP contribution in [0.2, 0.25) is 0 Å². The molecule has 0 radical (unpaired) electrons. The lowest BCUT2D eigenvalue weighted by molar-refractivity contribution is 0.109. The Morgan fingerprint density at radius 1 is 0.880 bits per heavy atom. The van der Waals surface area contributed by atoms with Crippen molar-refractivity contribution in [3.05, 3.63) is 60.4 Å². The van der Waals surface area contributed by atoms with Gasteiger partial charge in [0.25, 0.3) is 0 Å². The molecule has 2 unspecified atom stereocenters. The van der Waals surface area contributed by atoms with Crippen molar-refractivity contribution in [3.8, 4) is 0 Å². The summed E-state index contributed by atoms with van der Waals surface area (Å²) in [6.07, 6.45) is 11.7. The van der Waals surface area contributed by atoms with Gasteiger partial charge in [0.1, 0.15) is 0 Å². The predicted molar refractivity (Wildman–Crippen MR) is 104 cm³/mol. The van der Waals surface area contributed by atoms with Crippen LogP contribution in [0.25, 0.3) is 0 Å². The topological polar surface area (TPSA) is 28.2 Å². The molecule has 2 heterocycles. The molecular weight excluding hydrogens is 306 g/mol. The number of nitrogens with one attached hydrogen (secondary N) is 1. The summed E-state index contributed by atoms with van der Waals surface area (Å²) in [4.78, 5) is 6.99. The Hall–Kier alpha value is -1.87. The van der Waals surface area contributed by atoms with Crippen LogP contribution in [0.3, 0.4) is 0 Å². The maximum Gasteiger partial charge on any atom is 0.0528 e. The molecular formula is C22H29N3. The third-order valence-electron chi connectivity index (χ3n) is 5.99. The smallest absolute Gasteiger partial charge is 0.0528 e. The molecule has 4 rings (SSSR count). The van der Waals surface area contributed by atoms with E-state index in [4.69, 9.17) is 0 Å². The SMILES string of the molecule is c1ccc(C2CCCCC2N2CCC(Nc3cccnc3)CC2)cc1. The third-order valence-corrected chi connectivity index (χ3v) is 5.99. The van der Waals surface area contributed by atoms with Crippen LogP contribution in [0.15, 0.2) is 54.9 Å². The van der Waals surface area contributed by atoms with Gasteiger partial charge in [0.15, 0.2) is 0 Å². The molecule has 2 aliphatic rings. The first-order valence-electron chi connectivity index (χ1n) is 9.86. The molecule has 1 aliphatic carbocycles. The standard InChI is InChI=1S/C22H29N3/c1-2-7-18(8-3-1)21-10-4-5-11-22(21)25-15-12-19(13-16-25)24-20-9-6-14-23-17-20/h1-3,6-9,14,17,19,21-22,24H,4-5,10-13,15-16H2. The third kappa shape index (κ3) is 4.04. The molecule has 3 nitrogen and oxygen atoms in total. The summed E-state index contributed by atoms with van der Waals surface area (Å²) in [5.41, 5.74) is 2.70. The van der Waals surface area contributed by atoms with Crippen molar-refractivity contribution in [1.29, 1.82) is 0 Å². The fourth-order valence-corrected chi connectivity index (χ4v) is 4.70. The minimum Gasteiger partial charge on any atom is -0.381 e. The summed E-state index contributed by atoms with van der Waals surface area (Å²) in [6.45, 7) is 2.43. The Morgan fingerprint density at radius 2 is 1.68 bits per heavy atom. The number of aromatic nitrogens is 1. The highest BCUT2D eigenvalue weighted by atomic mass is 15.2. The summed E-state index contributed by atoms with van der Waals surface area (Å²) in [5, 5.41) is 3.66. The molecule has 2 aromatic rings. The largest absolute Gasteiger partial charge is 0.381 e. The number of anilines is 1. The Balaban J connectivity index is 1.37. The Bertz CT molecular complexity index is 635. The first-order valence-corrected chi connectivity index (χ1v) is 9.86. The van der Waals surface area contributed by atoms with Crippen LogP contribution in [0, 0.1) is 0 Å². The summed E-state index contributed by atoms with van der Waals surface area (Å²) in [6, 6.07) is 16.6. The minimum absolute atomic E-state index is 0.583. The second-order valence-corrected chi connectivity index (χ2v) is 7.57. The normalized spacial score (nSPS) is 25.6. The van der Waals surface area contributed by atoms with Crippen molar-refractivity contribution in [2.24, 2.45) is 0 Å². The van der Waals surface area contributed by atoms with E-state index in [9.17, 15) is 0 Å². The minimum atomic E-state index is 0.583. The van der Waals surface area contributed by atoms with Crippen molar-refractivity contribution < 1.29 is 0 Å². The molecule has 0 spiro atoms. The van der Waals surface area contributed by atoms with E-state index < -0.39 is 0 Å². The highest BCUT2D eigenvalue weighted by Crippen LogP contribution is 2.37. The van der Waals surface area contributed by atoms with Crippen molar-refractivity contribution in [1.82, 2.24) is 9.88 Å². The summed E-state index contributed by atoms with van der Waals surface area (Å²) >= 11 is 0. The number of piperidine rings is 1. The molecule has 1 N–H and O–H groups in total. The lowest BCUT2D eigenvalue weighted by Gasteiger charge is -2.43. The fourth-order valence-electron chi connectivity index (χ4n) is 4.70. The van der Waals surface area contributed by atoms with Gasteiger partial charge < -0.3 is 5.32 Å². The number of hydrogen-bond donors (Lipinski definition) is 1. The van der Waals surface area contributed by atoms with Gasteiger partial charge in [0.05, 0.1) is 5.69 Å². The average Bonchev–Trinajstić information content (AvgIpc) is 2.70. The molecule has 1 aliphatic heterocycles. The number of rotatable bonds is 4. The van der Waals surface area contributed by atoms with E-state index in [-0.39, 0.29) is 0 Å². The van der Waals surface area contributed by atoms with Gasteiger partial charge >= 0.3 is 0 Å². The lowest BCUT2D eigenvalue weighted by atomic mass is 9.78. The lowest BCUT2D eigenvalue weighted by Crippen LogP contribution is -2.47. The van der Waals surface area contributed by atoms with Crippen LogP contribution < -0.4 is 5.32 Å². The van der Waals surface area contributed by atoms with Crippen LogP contribution in [-0.2, 0) is 0 Å². The predicted octanol–water partition coefficient (Wildman–Crippen LogP) is 4.68. The Morgan fingerprint density at radius 3 is 2.44 bits per heavy atom. The van der Waals surface area contributed by atoms with Crippen molar-refractivity contribution >= 4 is 5.69 Å². The zero-order chi connectivity index (χ0) is 16.9. The quantitative estimate of drug-likeness (QED) is 0.879. The molecule has 132 valence electrons. The average molecular weight is 335 g/mol. The Kier molecular flexibility index (Phi) is 5.31. The fraction of sp³-hybridized carbons (Fsp3) is 0.500. The number of nitrogens with zero attached hydrogens (tertiary/aromatic N) is 2. The van der Waals surface area contributed by atoms with E-state index in [1.807, 2.05) is 18.5 Å². The van der Waals surface area contributed by atoms with E-state index in [2.05, 4.69) is 51.6 Å². The molecule has 1 aromatic heterocycles. The molecule has 1 saturated carbocycles. The van der Waals surface area contributed by atoms with Crippen LogP contribution in [0.4, 0.5) is 5.69 Å². The maximum absolute atomic E-state index is 4.21. The molecule has 25 heavy (non-hydrogen) atoms. The molecule has 1 aromatic carbocycles. The molecule has 3 heteroatoms. The molecule has 0 bridgehead atoms. The number of benzene rings is 1. The summed E-state index contributed by atoms with van der Waals surface area (Å²) in [7, 11) is 0. The van der Waals surface area contributed by atoms with Crippen molar-refractivity contribution in [2.75, 3.05) is 18.4 Å². The molecule has 2 atom stereocenters. The van der Waals surface area contributed by atoms with Crippen LogP contribution in [0.1, 0.15) is 50.0 Å². The maximum atomic E-state index is 4.21. The van der Waals surface area contributed by atoms with Crippen molar-refractivity contribution in [2.45, 2.75) is 56.5 Å². The van der Waals surface area contributed by atoms with Gasteiger partial charge in [-0.15, -0.1) is 0 Å². The number of hydrogen-bond acceptors (Lipinski definition) is 3. The van der Waals surface area contributed by atoms with Gasteiger partial charge in [-0.1, -0.05) is 43.2 Å². The summed E-state index contributed by atoms with van der Waals surface area (Å²) in [5.74, 6) is 0.720. The Labute approximate surface area is 151 Å². The summed E-state index contributed by atoms with van der Waals surface area (Å²) < 4.78 is 0. The van der Waals surface area contributed by atoms with Gasteiger partial charge in [-0.3, -0.25) is 9.88 Å². The van der Waals surface area contributed by atoms with Gasteiger partial charge in [0, 0.05) is 37.6 Å². The van der Waals surface area contributed by atoms with Crippen LogP contribution in [-0.4, -0.2) is 35.1 Å². The zero-order valence-corrected chi connectivity index (χ0v) is 15.0. The van der Waals surface area contributed by atoms with E-state index in [0.29, 0.717) is 6.04 Å². The second-order valence-electron chi connectivity index (χ2n) is 7.57. The van der Waals surface area contributed by atoms with Gasteiger partial charge in [-0.25, -0.2) is 0 Å². The highest BCUT2D eigenvalue weighted by molar-refractivity contribution is 5.40.